The summed E-state index contributed by atoms with van der Waals surface area (Å²) in [6.07, 6.45) is 11.0. The third-order valence-electron chi connectivity index (χ3n) is 5.26. The lowest BCUT2D eigenvalue weighted by atomic mass is 9.97. The van der Waals surface area contributed by atoms with E-state index in [1.165, 1.54) is 23.3 Å². The molecule has 1 aliphatic rings. The molecule has 0 saturated heterocycles. The SMILES string of the molecule is CC(O)(CNc1nc(-c2cnccn2)nc2sc3c(c12)CCCC3)c1ccco1. The van der Waals surface area contributed by atoms with Gasteiger partial charge in [0.1, 0.15) is 27.7 Å². The molecule has 0 bridgehead atoms. The summed E-state index contributed by atoms with van der Waals surface area (Å²) in [5, 5.41) is 15.3. The maximum absolute atomic E-state index is 10.9. The molecule has 148 valence electrons. The Morgan fingerprint density at radius 3 is 2.93 bits per heavy atom. The molecule has 2 N–H and O–H groups in total. The Balaban J connectivity index is 1.59. The van der Waals surface area contributed by atoms with Gasteiger partial charge in [0.05, 0.1) is 24.4 Å². The van der Waals surface area contributed by atoms with E-state index in [0.29, 0.717) is 17.3 Å². The minimum Gasteiger partial charge on any atom is -0.466 e. The zero-order valence-corrected chi connectivity index (χ0v) is 16.9. The van der Waals surface area contributed by atoms with Crippen LogP contribution in [0.25, 0.3) is 21.7 Å². The van der Waals surface area contributed by atoms with Gasteiger partial charge in [0.25, 0.3) is 0 Å². The van der Waals surface area contributed by atoms with Crippen LogP contribution in [0.1, 0.15) is 36.0 Å². The van der Waals surface area contributed by atoms with E-state index in [2.05, 4.69) is 15.3 Å². The van der Waals surface area contributed by atoms with Crippen molar-refractivity contribution < 1.29 is 9.52 Å². The Kier molecular flexibility index (Phi) is 4.52. The van der Waals surface area contributed by atoms with Gasteiger partial charge >= 0.3 is 0 Å². The molecule has 4 aromatic rings. The average Bonchev–Trinajstić information content (AvgIpc) is 3.41. The van der Waals surface area contributed by atoms with Crippen LogP contribution in [0.15, 0.2) is 41.4 Å². The Bertz CT molecular complexity index is 1140. The molecule has 4 aromatic heterocycles. The van der Waals surface area contributed by atoms with Crippen molar-refractivity contribution in [3.05, 3.63) is 53.2 Å². The van der Waals surface area contributed by atoms with E-state index in [4.69, 9.17) is 14.4 Å². The van der Waals surface area contributed by atoms with Gasteiger partial charge < -0.3 is 14.8 Å². The Morgan fingerprint density at radius 2 is 2.14 bits per heavy atom. The van der Waals surface area contributed by atoms with E-state index in [9.17, 15) is 5.11 Å². The van der Waals surface area contributed by atoms with Crippen LogP contribution < -0.4 is 5.32 Å². The number of anilines is 1. The van der Waals surface area contributed by atoms with Crippen molar-refractivity contribution in [2.75, 3.05) is 11.9 Å². The first kappa shape index (κ1) is 18.2. The molecule has 8 heteroatoms. The van der Waals surface area contributed by atoms with Gasteiger partial charge in [-0.25, -0.2) is 15.0 Å². The standard InChI is InChI=1S/C21H21N5O2S/c1-21(27,16-7-4-10-28-16)12-24-19-17-13-5-2-3-6-15(13)29-20(17)26-18(25-19)14-11-22-8-9-23-14/h4,7-11,27H,2-3,5-6,12H2,1H3,(H,24,25,26). The van der Waals surface area contributed by atoms with Crippen LogP contribution in [0.4, 0.5) is 5.82 Å². The van der Waals surface area contributed by atoms with E-state index < -0.39 is 5.60 Å². The smallest absolute Gasteiger partial charge is 0.183 e. The number of hydrogen-bond acceptors (Lipinski definition) is 8. The number of furan rings is 1. The Hall–Kier alpha value is -2.84. The van der Waals surface area contributed by atoms with Crippen LogP contribution in [0.2, 0.25) is 0 Å². The largest absolute Gasteiger partial charge is 0.466 e. The lowest BCUT2D eigenvalue weighted by Gasteiger charge is -2.22. The lowest BCUT2D eigenvalue weighted by Crippen LogP contribution is -2.30. The monoisotopic (exact) mass is 407 g/mol. The van der Waals surface area contributed by atoms with E-state index in [0.717, 1.165) is 28.9 Å². The summed E-state index contributed by atoms with van der Waals surface area (Å²) >= 11 is 1.73. The first-order chi connectivity index (χ1) is 14.1. The zero-order chi connectivity index (χ0) is 19.8. The Labute approximate surface area is 171 Å². The molecule has 0 saturated carbocycles. The minimum atomic E-state index is -1.16. The van der Waals surface area contributed by atoms with Crippen LogP contribution in [-0.2, 0) is 18.4 Å². The van der Waals surface area contributed by atoms with Gasteiger partial charge in [-0.3, -0.25) is 4.98 Å². The predicted octanol–water partition coefficient (Wildman–Crippen LogP) is 3.94. The van der Waals surface area contributed by atoms with Crippen LogP contribution >= 0.6 is 11.3 Å². The van der Waals surface area contributed by atoms with Crippen molar-refractivity contribution >= 4 is 27.4 Å². The molecule has 1 aliphatic carbocycles. The molecule has 1 atom stereocenters. The highest BCUT2D eigenvalue weighted by molar-refractivity contribution is 7.19. The highest BCUT2D eigenvalue weighted by Crippen LogP contribution is 2.39. The maximum atomic E-state index is 10.9. The van der Waals surface area contributed by atoms with Gasteiger partial charge in [-0.1, -0.05) is 0 Å². The van der Waals surface area contributed by atoms with Crippen molar-refractivity contribution in [3.8, 4) is 11.5 Å². The number of nitrogens with one attached hydrogen (secondary N) is 1. The number of fused-ring (bicyclic) bond motifs is 3. The third-order valence-corrected chi connectivity index (χ3v) is 6.44. The molecule has 0 amide bonds. The molecule has 5 rings (SSSR count). The maximum Gasteiger partial charge on any atom is 0.183 e. The van der Waals surface area contributed by atoms with E-state index in [1.54, 1.807) is 55.2 Å². The minimum absolute atomic E-state index is 0.261. The number of hydrogen-bond donors (Lipinski definition) is 2. The molecule has 1 unspecified atom stereocenters. The summed E-state index contributed by atoms with van der Waals surface area (Å²) in [5.74, 6) is 1.77. The second kappa shape index (κ2) is 7.20. The fourth-order valence-corrected chi connectivity index (χ4v) is 5.00. The van der Waals surface area contributed by atoms with E-state index >= 15 is 0 Å². The van der Waals surface area contributed by atoms with E-state index in [1.807, 2.05) is 0 Å². The topological polar surface area (TPSA) is 97.0 Å². The molecular formula is C21H21N5O2S. The van der Waals surface area contributed by atoms with Gasteiger partial charge in [0.15, 0.2) is 5.82 Å². The van der Waals surface area contributed by atoms with Crippen LogP contribution in [-0.4, -0.2) is 31.6 Å². The van der Waals surface area contributed by atoms with Gasteiger partial charge in [0.2, 0.25) is 0 Å². The lowest BCUT2D eigenvalue weighted by molar-refractivity contribution is 0.0476. The zero-order valence-electron chi connectivity index (χ0n) is 16.1. The number of aryl methyl sites for hydroxylation is 2. The van der Waals surface area contributed by atoms with Gasteiger partial charge in [-0.05, 0) is 50.3 Å². The molecule has 0 fully saturated rings. The Morgan fingerprint density at radius 1 is 1.24 bits per heavy atom. The number of rotatable bonds is 5. The third kappa shape index (κ3) is 3.38. The number of aliphatic hydroxyl groups is 1. The van der Waals surface area contributed by atoms with Gasteiger partial charge in [0, 0.05) is 17.3 Å². The summed E-state index contributed by atoms with van der Waals surface area (Å²) in [7, 11) is 0. The second-order valence-corrected chi connectivity index (χ2v) is 8.57. The summed E-state index contributed by atoms with van der Waals surface area (Å²) in [6, 6.07) is 3.54. The van der Waals surface area contributed by atoms with Crippen molar-refractivity contribution in [1.82, 2.24) is 19.9 Å². The first-order valence-corrected chi connectivity index (χ1v) is 10.5. The fraction of sp³-hybridized carbons (Fsp3) is 0.333. The van der Waals surface area contributed by atoms with Gasteiger partial charge in [-0.15, -0.1) is 11.3 Å². The molecular weight excluding hydrogens is 386 g/mol. The first-order valence-electron chi connectivity index (χ1n) is 9.71. The quantitative estimate of drug-likeness (QED) is 0.517. The number of thiophene rings is 1. The molecule has 0 radical (unpaired) electrons. The molecule has 0 aliphatic heterocycles. The molecule has 0 aromatic carbocycles. The summed E-state index contributed by atoms with van der Waals surface area (Å²) in [4.78, 5) is 20.4. The van der Waals surface area contributed by atoms with Gasteiger partial charge in [-0.2, -0.15) is 0 Å². The molecule has 29 heavy (non-hydrogen) atoms. The molecule has 0 spiro atoms. The summed E-state index contributed by atoms with van der Waals surface area (Å²) in [5.41, 5.74) is 0.799. The fourth-order valence-electron chi connectivity index (χ4n) is 3.74. The average molecular weight is 407 g/mol. The summed E-state index contributed by atoms with van der Waals surface area (Å²) < 4.78 is 5.40. The van der Waals surface area contributed by atoms with E-state index in [-0.39, 0.29) is 6.54 Å². The number of aromatic nitrogens is 4. The van der Waals surface area contributed by atoms with Crippen molar-refractivity contribution in [2.24, 2.45) is 0 Å². The van der Waals surface area contributed by atoms with Crippen molar-refractivity contribution in [1.29, 1.82) is 0 Å². The highest BCUT2D eigenvalue weighted by Gasteiger charge is 2.28. The van der Waals surface area contributed by atoms with Crippen LogP contribution in [0, 0.1) is 0 Å². The highest BCUT2D eigenvalue weighted by atomic mass is 32.1. The van der Waals surface area contributed by atoms with Crippen LogP contribution in [0.5, 0.6) is 0 Å². The molecule has 4 heterocycles. The molecule has 7 nitrogen and oxygen atoms in total. The second-order valence-electron chi connectivity index (χ2n) is 7.48. The van der Waals surface area contributed by atoms with Crippen LogP contribution in [0.3, 0.4) is 0 Å². The number of nitrogens with zero attached hydrogens (tertiary/aromatic N) is 4. The van der Waals surface area contributed by atoms with Crippen molar-refractivity contribution in [2.45, 2.75) is 38.2 Å². The van der Waals surface area contributed by atoms with Crippen molar-refractivity contribution in [3.63, 3.8) is 0 Å². The summed E-state index contributed by atoms with van der Waals surface area (Å²) in [6.45, 7) is 1.99. The predicted molar refractivity (Wildman–Crippen MR) is 112 cm³/mol. The normalized spacial score (nSPS) is 15.8.